The van der Waals surface area contributed by atoms with Crippen LogP contribution in [0.2, 0.25) is 0 Å². The second kappa shape index (κ2) is 12.0. The Kier molecular flexibility index (Phi) is 8.65. The molecule has 216 valence electrons. The molecule has 3 aromatic rings. The number of carbonyl (C=O) groups is 3. The molecule has 1 aromatic heterocycles. The fourth-order valence-electron chi connectivity index (χ4n) is 4.55. The summed E-state index contributed by atoms with van der Waals surface area (Å²) in [7, 11) is 0. The van der Waals surface area contributed by atoms with E-state index in [2.05, 4.69) is 15.3 Å². The van der Waals surface area contributed by atoms with Crippen LogP contribution in [0.3, 0.4) is 0 Å². The minimum Gasteiger partial charge on any atom is -0.462 e. The van der Waals surface area contributed by atoms with Gasteiger partial charge in [-0.3, -0.25) is 4.79 Å². The zero-order valence-corrected chi connectivity index (χ0v) is 23.6. The predicted molar refractivity (Wildman–Crippen MR) is 148 cm³/mol. The first-order chi connectivity index (χ1) is 19.4. The Morgan fingerprint density at radius 2 is 1.73 bits per heavy atom. The van der Waals surface area contributed by atoms with E-state index in [0.717, 1.165) is 17.0 Å². The topological polar surface area (TPSA) is 111 Å². The number of ether oxygens (including phenoxy) is 2. The Morgan fingerprint density at radius 3 is 2.34 bits per heavy atom. The summed E-state index contributed by atoms with van der Waals surface area (Å²) in [5.41, 5.74) is 0.237. The summed E-state index contributed by atoms with van der Waals surface area (Å²) < 4.78 is 39.6. The monoisotopic (exact) mass is 566 g/mol. The molecule has 1 fully saturated rings. The summed E-state index contributed by atoms with van der Waals surface area (Å²) in [6.45, 7) is 8.79. The second-order valence-corrected chi connectivity index (χ2v) is 10.6. The van der Waals surface area contributed by atoms with Crippen molar-refractivity contribution in [3.05, 3.63) is 70.9 Å². The standard InChI is InChI=1S/C30H32F2N4O5/c1-6-40-28(38)23-17(2)33-26(24-21(31)10-7-11-22(24)32)35-25(23)34-19-14-12-18(13-15-19)20-9-8-16-36(27(20)37)29(39)41-30(3,4)5/h7,10-15,20H,6,8-9,16H2,1-5H3,(H,33,34,35). The lowest BCUT2D eigenvalue weighted by Crippen LogP contribution is -2.46. The van der Waals surface area contributed by atoms with Crippen LogP contribution in [0.4, 0.5) is 25.1 Å². The number of anilines is 2. The predicted octanol–water partition coefficient (Wildman–Crippen LogP) is 6.29. The molecule has 0 spiro atoms. The summed E-state index contributed by atoms with van der Waals surface area (Å²) >= 11 is 0. The van der Waals surface area contributed by atoms with E-state index in [1.807, 2.05) is 0 Å². The third-order valence-corrected chi connectivity index (χ3v) is 6.38. The number of rotatable bonds is 6. The molecular weight excluding hydrogens is 534 g/mol. The van der Waals surface area contributed by atoms with Crippen LogP contribution >= 0.6 is 0 Å². The molecule has 41 heavy (non-hydrogen) atoms. The first-order valence-corrected chi connectivity index (χ1v) is 13.3. The van der Waals surface area contributed by atoms with Crippen molar-refractivity contribution in [3.63, 3.8) is 0 Å². The van der Waals surface area contributed by atoms with Gasteiger partial charge < -0.3 is 14.8 Å². The molecule has 0 saturated carbocycles. The smallest absolute Gasteiger partial charge is 0.417 e. The molecule has 1 atom stereocenters. The Bertz CT molecular complexity index is 1450. The maximum absolute atomic E-state index is 14.5. The van der Waals surface area contributed by atoms with Gasteiger partial charge in [0.05, 0.1) is 23.8 Å². The van der Waals surface area contributed by atoms with E-state index in [1.165, 1.54) is 13.0 Å². The molecule has 1 aliphatic rings. The number of benzene rings is 2. The van der Waals surface area contributed by atoms with Crippen LogP contribution in [-0.4, -0.2) is 51.6 Å². The molecule has 11 heteroatoms. The van der Waals surface area contributed by atoms with Crippen molar-refractivity contribution in [1.29, 1.82) is 0 Å². The number of likely N-dealkylation sites (tertiary alicyclic amines) is 1. The van der Waals surface area contributed by atoms with E-state index in [0.29, 0.717) is 30.6 Å². The van der Waals surface area contributed by atoms with Gasteiger partial charge in [-0.1, -0.05) is 18.2 Å². The summed E-state index contributed by atoms with van der Waals surface area (Å²) in [5, 5.41) is 3.03. The molecule has 1 saturated heterocycles. The molecule has 9 nitrogen and oxygen atoms in total. The lowest BCUT2D eigenvalue weighted by atomic mass is 9.90. The number of aryl methyl sites for hydroxylation is 1. The van der Waals surface area contributed by atoms with Crippen molar-refractivity contribution >= 4 is 29.5 Å². The third-order valence-electron chi connectivity index (χ3n) is 6.38. The number of esters is 1. The highest BCUT2D eigenvalue weighted by Gasteiger charge is 2.36. The molecule has 1 aliphatic heterocycles. The first-order valence-electron chi connectivity index (χ1n) is 13.3. The van der Waals surface area contributed by atoms with Crippen LogP contribution in [0.15, 0.2) is 42.5 Å². The molecule has 2 amide bonds. The number of aromatic nitrogens is 2. The van der Waals surface area contributed by atoms with Gasteiger partial charge in [0.2, 0.25) is 5.91 Å². The first kappa shape index (κ1) is 29.6. The molecule has 0 radical (unpaired) electrons. The van der Waals surface area contributed by atoms with Crippen molar-refractivity contribution in [2.24, 2.45) is 0 Å². The largest absolute Gasteiger partial charge is 0.462 e. The Hall–Kier alpha value is -4.41. The lowest BCUT2D eigenvalue weighted by Gasteiger charge is -2.32. The number of amides is 2. The van der Waals surface area contributed by atoms with Crippen LogP contribution in [0.1, 0.15) is 68.1 Å². The Labute approximate surface area is 236 Å². The van der Waals surface area contributed by atoms with E-state index in [4.69, 9.17) is 9.47 Å². The van der Waals surface area contributed by atoms with Crippen molar-refractivity contribution in [3.8, 4) is 11.4 Å². The maximum Gasteiger partial charge on any atom is 0.417 e. The maximum atomic E-state index is 14.5. The zero-order valence-electron chi connectivity index (χ0n) is 23.6. The fraction of sp³-hybridized carbons (Fsp3) is 0.367. The summed E-state index contributed by atoms with van der Waals surface area (Å²) in [5.74, 6) is -3.48. The van der Waals surface area contributed by atoms with Crippen LogP contribution in [0.5, 0.6) is 0 Å². The van der Waals surface area contributed by atoms with Crippen molar-refractivity contribution in [1.82, 2.24) is 14.9 Å². The highest BCUT2D eigenvalue weighted by Crippen LogP contribution is 2.32. The van der Waals surface area contributed by atoms with Crippen LogP contribution in [-0.2, 0) is 14.3 Å². The van der Waals surface area contributed by atoms with Gasteiger partial charge in [0.15, 0.2) is 5.82 Å². The van der Waals surface area contributed by atoms with Gasteiger partial charge >= 0.3 is 12.1 Å². The molecular formula is C30H32F2N4O5. The highest BCUT2D eigenvalue weighted by atomic mass is 19.1. The normalized spacial score (nSPS) is 15.4. The lowest BCUT2D eigenvalue weighted by molar-refractivity contribution is -0.134. The quantitative estimate of drug-likeness (QED) is 0.347. The van der Waals surface area contributed by atoms with Crippen LogP contribution in [0, 0.1) is 18.6 Å². The number of hydrogen-bond acceptors (Lipinski definition) is 8. The van der Waals surface area contributed by atoms with Gasteiger partial charge in [0.25, 0.3) is 0 Å². The van der Waals surface area contributed by atoms with Crippen molar-refractivity contribution < 1.29 is 32.6 Å². The Balaban J connectivity index is 1.63. The number of nitrogens with one attached hydrogen (secondary N) is 1. The number of carbonyl (C=O) groups excluding carboxylic acids is 3. The number of nitrogens with zero attached hydrogens (tertiary/aromatic N) is 3. The van der Waals surface area contributed by atoms with E-state index in [1.54, 1.807) is 52.0 Å². The SMILES string of the molecule is CCOC(=O)c1c(C)nc(-c2c(F)cccc2F)nc1Nc1ccc(C2CCCN(C(=O)OC(C)(C)C)C2=O)cc1. The number of halogens is 2. The average Bonchev–Trinajstić information content (AvgIpc) is 2.88. The molecule has 4 rings (SSSR count). The van der Waals surface area contributed by atoms with Gasteiger partial charge in [0.1, 0.15) is 28.6 Å². The molecule has 2 heterocycles. The van der Waals surface area contributed by atoms with Crippen molar-refractivity contribution in [2.45, 2.75) is 59.0 Å². The molecule has 0 aliphatic carbocycles. The molecule has 0 bridgehead atoms. The van der Waals surface area contributed by atoms with E-state index < -0.39 is 40.8 Å². The van der Waals surface area contributed by atoms with E-state index in [9.17, 15) is 23.2 Å². The third kappa shape index (κ3) is 6.67. The number of piperidine rings is 1. The Morgan fingerprint density at radius 1 is 1.07 bits per heavy atom. The fourth-order valence-corrected chi connectivity index (χ4v) is 4.55. The van der Waals surface area contributed by atoms with E-state index >= 15 is 0 Å². The minimum atomic E-state index is -0.846. The minimum absolute atomic E-state index is 0.00574. The van der Waals surface area contributed by atoms with Crippen molar-refractivity contribution in [2.75, 3.05) is 18.5 Å². The van der Waals surface area contributed by atoms with Gasteiger partial charge in [-0.15, -0.1) is 0 Å². The summed E-state index contributed by atoms with van der Waals surface area (Å²) in [6, 6.07) is 10.3. The average molecular weight is 567 g/mol. The van der Waals surface area contributed by atoms with Crippen LogP contribution < -0.4 is 5.32 Å². The zero-order chi connectivity index (χ0) is 29.9. The van der Waals surface area contributed by atoms with Gasteiger partial charge in [-0.05, 0) is 77.3 Å². The van der Waals surface area contributed by atoms with Crippen LogP contribution in [0.25, 0.3) is 11.4 Å². The molecule has 1 unspecified atom stereocenters. The molecule has 1 N–H and O–H groups in total. The van der Waals surface area contributed by atoms with Gasteiger partial charge in [-0.2, -0.15) is 0 Å². The highest BCUT2D eigenvalue weighted by molar-refractivity contribution is 5.97. The molecule has 2 aromatic carbocycles. The number of imide groups is 1. The van der Waals surface area contributed by atoms with Gasteiger partial charge in [-0.25, -0.2) is 33.2 Å². The van der Waals surface area contributed by atoms with E-state index in [-0.39, 0.29) is 35.4 Å². The second-order valence-electron chi connectivity index (χ2n) is 10.6. The van der Waals surface area contributed by atoms with Gasteiger partial charge in [0, 0.05) is 12.2 Å². The summed E-state index contributed by atoms with van der Waals surface area (Å²) in [6.07, 6.45) is 0.535. The summed E-state index contributed by atoms with van der Waals surface area (Å²) in [4.78, 5) is 48.1. The number of hydrogen-bond donors (Lipinski definition) is 1.